The van der Waals surface area contributed by atoms with Gasteiger partial charge in [0.15, 0.2) is 0 Å². The van der Waals surface area contributed by atoms with Crippen molar-refractivity contribution in [2.45, 2.75) is 56.0 Å². The number of hydrogen-bond acceptors (Lipinski definition) is 10. The lowest BCUT2D eigenvalue weighted by atomic mass is 9.84. The van der Waals surface area contributed by atoms with E-state index in [2.05, 4.69) is 106 Å². The molecule has 0 saturated carbocycles. The standard InChI is InChI=1S/C59H56N4O7S/c1-40(2)55(63-58(67)69-39-50-48-31-15-13-29-46(48)47-30-14-16-32-49(47)50)57(66)70-45(37-54(64)60-38-44-27-19-33-51(61-44)52-34-20-35-53(62-52)56(65)68-3)28-17-18-36-71-59(41-21-7-4-8-22-41,42-23-9-5-10-24-42)43-25-11-6-12-26-43/h4-17,19-35,40,45,50,55H,18,36-39H2,1-3H3,(H,60,64)(H,63,67)/b28-17+/t45-,55-/m1/s1. The molecule has 0 bridgehead atoms. The zero-order chi connectivity index (χ0) is 49.6. The minimum atomic E-state index is -1.07. The average molecular weight is 965 g/mol. The molecular formula is C59H56N4O7S. The number of hydrogen-bond donors (Lipinski definition) is 2. The van der Waals surface area contributed by atoms with Gasteiger partial charge in [0, 0.05) is 5.92 Å². The first-order chi connectivity index (χ1) is 34.6. The van der Waals surface area contributed by atoms with E-state index in [1.54, 1.807) is 54.2 Å². The van der Waals surface area contributed by atoms with Crippen LogP contribution in [0.1, 0.15) is 76.6 Å². The maximum absolute atomic E-state index is 14.1. The predicted molar refractivity (Wildman–Crippen MR) is 277 cm³/mol. The molecule has 0 aliphatic heterocycles. The molecule has 1 aliphatic carbocycles. The number of methoxy groups -OCH3 is 1. The fourth-order valence-electron chi connectivity index (χ4n) is 8.89. The van der Waals surface area contributed by atoms with Gasteiger partial charge in [-0.05, 0) is 87.4 Å². The van der Waals surface area contributed by atoms with Crippen LogP contribution in [0, 0.1) is 5.92 Å². The fourth-order valence-corrected chi connectivity index (χ4v) is 10.4. The monoisotopic (exact) mass is 964 g/mol. The van der Waals surface area contributed by atoms with E-state index in [1.807, 2.05) is 74.5 Å². The van der Waals surface area contributed by atoms with Gasteiger partial charge in [-0.15, -0.1) is 11.8 Å². The Hall–Kier alpha value is -7.83. The molecule has 1 aliphatic rings. The summed E-state index contributed by atoms with van der Waals surface area (Å²) in [5.41, 5.74) is 9.46. The molecule has 360 valence electrons. The van der Waals surface area contributed by atoms with Gasteiger partial charge in [0.05, 0.1) is 41.9 Å². The number of pyridine rings is 2. The Bertz CT molecular complexity index is 2830. The van der Waals surface area contributed by atoms with E-state index in [1.165, 1.54) is 7.11 Å². The number of benzene rings is 5. The van der Waals surface area contributed by atoms with Crippen molar-refractivity contribution in [3.8, 4) is 22.5 Å². The number of allylic oxidation sites excluding steroid dienone is 1. The molecular weight excluding hydrogens is 909 g/mol. The summed E-state index contributed by atoms with van der Waals surface area (Å²) >= 11 is 1.80. The molecule has 11 nitrogen and oxygen atoms in total. The van der Waals surface area contributed by atoms with Crippen LogP contribution in [0.5, 0.6) is 0 Å². The minimum absolute atomic E-state index is 0.0723. The van der Waals surface area contributed by atoms with E-state index >= 15 is 0 Å². The number of carbonyl (C=O) groups is 4. The van der Waals surface area contributed by atoms with Crippen molar-refractivity contribution < 1.29 is 33.4 Å². The predicted octanol–water partition coefficient (Wildman–Crippen LogP) is 11.1. The van der Waals surface area contributed by atoms with Crippen molar-refractivity contribution in [1.29, 1.82) is 0 Å². The Kier molecular flexibility index (Phi) is 16.5. The highest BCUT2D eigenvalue weighted by Crippen LogP contribution is 2.49. The number of alkyl carbamates (subject to hydrolysis) is 1. The molecule has 2 N–H and O–H groups in total. The minimum Gasteiger partial charge on any atom is -0.464 e. The lowest BCUT2D eigenvalue weighted by Crippen LogP contribution is -2.47. The molecule has 2 heterocycles. The third-order valence-electron chi connectivity index (χ3n) is 12.4. The number of nitrogens with one attached hydrogen (secondary N) is 2. The Labute approximate surface area is 419 Å². The molecule has 0 radical (unpaired) electrons. The first kappa shape index (κ1) is 49.6. The molecule has 2 amide bonds. The molecule has 5 aromatic carbocycles. The second-order valence-corrected chi connectivity index (χ2v) is 18.7. The molecule has 8 rings (SSSR count). The summed E-state index contributed by atoms with van der Waals surface area (Å²) in [5.74, 6) is -1.50. The number of esters is 2. The highest BCUT2D eigenvalue weighted by atomic mass is 32.2. The molecule has 71 heavy (non-hydrogen) atoms. The van der Waals surface area contributed by atoms with Crippen LogP contribution in [-0.4, -0.2) is 65.5 Å². The van der Waals surface area contributed by atoms with Crippen molar-refractivity contribution in [2.24, 2.45) is 5.92 Å². The van der Waals surface area contributed by atoms with E-state index in [9.17, 15) is 19.2 Å². The van der Waals surface area contributed by atoms with Crippen molar-refractivity contribution in [3.63, 3.8) is 0 Å². The number of ether oxygens (including phenoxy) is 3. The maximum atomic E-state index is 14.1. The normalized spacial score (nSPS) is 12.9. The second kappa shape index (κ2) is 23.7. The summed E-state index contributed by atoms with van der Waals surface area (Å²) in [6, 6.07) is 56.8. The van der Waals surface area contributed by atoms with Crippen LogP contribution in [0.15, 0.2) is 188 Å². The number of carbonyl (C=O) groups excluding carboxylic acids is 4. The van der Waals surface area contributed by atoms with E-state index in [-0.39, 0.29) is 43.0 Å². The number of rotatable bonds is 20. The fraction of sp³-hybridized carbons (Fsp3) is 0.220. The van der Waals surface area contributed by atoms with Crippen molar-refractivity contribution >= 4 is 35.7 Å². The zero-order valence-electron chi connectivity index (χ0n) is 39.9. The van der Waals surface area contributed by atoms with Gasteiger partial charge in [-0.25, -0.2) is 24.4 Å². The number of amides is 2. The maximum Gasteiger partial charge on any atom is 0.407 e. The Morgan fingerprint density at radius 3 is 1.80 bits per heavy atom. The number of fused-ring (bicyclic) bond motifs is 3. The number of thioether (sulfide) groups is 1. The van der Waals surface area contributed by atoms with Crippen molar-refractivity contribution in [3.05, 3.63) is 227 Å². The van der Waals surface area contributed by atoms with Gasteiger partial charge in [0.2, 0.25) is 5.91 Å². The topological polar surface area (TPSA) is 146 Å². The first-order valence-corrected chi connectivity index (χ1v) is 24.7. The third-order valence-corrected chi connectivity index (χ3v) is 13.9. The van der Waals surface area contributed by atoms with Gasteiger partial charge < -0.3 is 24.8 Å². The van der Waals surface area contributed by atoms with E-state index in [0.29, 0.717) is 29.3 Å². The van der Waals surface area contributed by atoms with Crippen LogP contribution in [0.25, 0.3) is 22.5 Å². The third kappa shape index (κ3) is 12.0. The number of aromatic nitrogens is 2. The van der Waals surface area contributed by atoms with Gasteiger partial charge in [-0.2, -0.15) is 0 Å². The summed E-state index contributed by atoms with van der Waals surface area (Å²) in [5, 5.41) is 5.69. The Morgan fingerprint density at radius 1 is 0.676 bits per heavy atom. The summed E-state index contributed by atoms with van der Waals surface area (Å²) < 4.78 is 16.2. The average Bonchev–Trinajstić information content (AvgIpc) is 3.73. The van der Waals surface area contributed by atoms with Crippen LogP contribution in [0.4, 0.5) is 4.79 Å². The smallest absolute Gasteiger partial charge is 0.407 e. The van der Waals surface area contributed by atoms with Gasteiger partial charge in [-0.3, -0.25) is 4.79 Å². The van der Waals surface area contributed by atoms with Gasteiger partial charge in [-0.1, -0.05) is 172 Å². The van der Waals surface area contributed by atoms with Crippen molar-refractivity contribution in [1.82, 2.24) is 20.6 Å². The lowest BCUT2D eigenvalue weighted by molar-refractivity contribution is -0.151. The summed E-state index contributed by atoms with van der Waals surface area (Å²) in [7, 11) is 1.29. The highest BCUT2D eigenvalue weighted by molar-refractivity contribution is 8.00. The first-order valence-electron chi connectivity index (χ1n) is 23.7. The molecule has 12 heteroatoms. The molecule has 2 atom stereocenters. The van der Waals surface area contributed by atoms with E-state index < -0.39 is 34.9 Å². The largest absolute Gasteiger partial charge is 0.464 e. The Morgan fingerprint density at radius 2 is 1.23 bits per heavy atom. The van der Waals surface area contributed by atoms with Crippen LogP contribution in [0.2, 0.25) is 0 Å². The summed E-state index contributed by atoms with van der Waals surface area (Å²) in [6.45, 7) is 3.77. The van der Waals surface area contributed by atoms with Gasteiger partial charge in [0.1, 0.15) is 24.4 Å². The number of nitrogens with zero attached hydrogens (tertiary/aromatic N) is 2. The molecule has 0 spiro atoms. The summed E-state index contributed by atoms with van der Waals surface area (Å²) in [6.07, 6.45) is 2.34. The van der Waals surface area contributed by atoms with Crippen molar-refractivity contribution in [2.75, 3.05) is 19.5 Å². The van der Waals surface area contributed by atoms with Gasteiger partial charge >= 0.3 is 18.0 Å². The molecule has 2 aromatic heterocycles. The summed E-state index contributed by atoms with van der Waals surface area (Å²) in [4.78, 5) is 62.6. The zero-order valence-corrected chi connectivity index (χ0v) is 40.7. The van der Waals surface area contributed by atoms with Crippen LogP contribution in [-0.2, 0) is 35.1 Å². The quantitative estimate of drug-likeness (QED) is 0.0249. The van der Waals surface area contributed by atoms with Crippen LogP contribution in [0.3, 0.4) is 0 Å². The van der Waals surface area contributed by atoms with E-state index in [4.69, 9.17) is 14.2 Å². The van der Waals surface area contributed by atoms with Crippen LogP contribution < -0.4 is 10.6 Å². The lowest BCUT2D eigenvalue weighted by Gasteiger charge is -2.35. The second-order valence-electron chi connectivity index (χ2n) is 17.4. The molecule has 0 fully saturated rings. The highest BCUT2D eigenvalue weighted by Gasteiger charge is 2.37. The SMILES string of the molecule is COC(=O)c1cccc(-c2cccc(CNC(=O)C[C@@H](/C=C/CCSC(c3ccccc3)(c3ccccc3)c3ccccc3)OC(=O)[C@H](NC(=O)OCC3c4ccccc4-c4ccccc43)C(C)C)n2)n1. The van der Waals surface area contributed by atoms with E-state index in [0.717, 1.165) is 38.9 Å². The molecule has 0 unspecified atom stereocenters. The molecule has 0 saturated heterocycles. The van der Waals surface area contributed by atoms with Gasteiger partial charge in [0.25, 0.3) is 0 Å². The van der Waals surface area contributed by atoms with Crippen LogP contribution >= 0.6 is 11.8 Å². The Balaban J connectivity index is 0.974. The molecule has 7 aromatic rings.